The smallest absolute Gasteiger partial charge is 0.331 e. The summed E-state index contributed by atoms with van der Waals surface area (Å²) in [6.45, 7) is -0.211. The number of aromatic nitrogens is 2. The summed E-state index contributed by atoms with van der Waals surface area (Å²) in [5.41, 5.74) is 0.0733. The van der Waals surface area contributed by atoms with Gasteiger partial charge in [0.15, 0.2) is 0 Å². The van der Waals surface area contributed by atoms with Crippen LogP contribution in [0.1, 0.15) is 36.0 Å². The van der Waals surface area contributed by atoms with Crippen LogP contribution in [0.2, 0.25) is 0 Å². The van der Waals surface area contributed by atoms with Crippen LogP contribution in [0.5, 0.6) is 0 Å². The van der Waals surface area contributed by atoms with E-state index < -0.39 is 17.2 Å². The van der Waals surface area contributed by atoms with Gasteiger partial charge in [0.05, 0.1) is 0 Å². The molecule has 0 atom stereocenters. The first-order chi connectivity index (χ1) is 12.9. The van der Waals surface area contributed by atoms with Gasteiger partial charge in [0, 0.05) is 36.6 Å². The van der Waals surface area contributed by atoms with Gasteiger partial charge in [0.25, 0.3) is 11.5 Å². The lowest BCUT2D eigenvalue weighted by Gasteiger charge is -2.12. The zero-order chi connectivity index (χ0) is 19.4. The maximum absolute atomic E-state index is 12.2. The van der Waals surface area contributed by atoms with Gasteiger partial charge >= 0.3 is 5.69 Å². The summed E-state index contributed by atoms with van der Waals surface area (Å²) in [6, 6.07) is 8.07. The van der Waals surface area contributed by atoms with E-state index in [1.165, 1.54) is 19.3 Å². The SMILES string of the molecule is Cn1c(=O)ccn(CC(=O)Nc2ccc(C(=O)NC3CCCC3)cc2)c1=O. The second-order valence-corrected chi connectivity index (χ2v) is 6.70. The molecule has 1 heterocycles. The molecule has 8 nitrogen and oxygen atoms in total. The van der Waals surface area contributed by atoms with Crippen molar-refractivity contribution < 1.29 is 9.59 Å². The van der Waals surface area contributed by atoms with Crippen molar-refractivity contribution in [3.63, 3.8) is 0 Å². The Morgan fingerprint density at radius 1 is 1.07 bits per heavy atom. The van der Waals surface area contributed by atoms with Gasteiger partial charge < -0.3 is 10.6 Å². The van der Waals surface area contributed by atoms with Crippen molar-refractivity contribution in [2.75, 3.05) is 5.32 Å². The third kappa shape index (κ3) is 4.52. The third-order valence-corrected chi connectivity index (χ3v) is 4.70. The summed E-state index contributed by atoms with van der Waals surface area (Å²) in [5, 5.41) is 5.69. The van der Waals surface area contributed by atoms with Gasteiger partial charge in [0.1, 0.15) is 6.54 Å². The van der Waals surface area contributed by atoms with E-state index in [-0.39, 0.29) is 18.5 Å². The standard InChI is InChI=1S/C19H22N4O4/c1-22-17(25)10-11-23(19(22)27)12-16(24)20-15-8-6-13(7-9-15)18(26)21-14-4-2-3-5-14/h6-11,14H,2-5,12H2,1H3,(H,20,24)(H,21,26). The number of amides is 2. The summed E-state index contributed by atoms with van der Waals surface area (Å²) >= 11 is 0. The predicted octanol–water partition coefficient (Wildman–Crippen LogP) is 0.858. The average molecular weight is 370 g/mol. The van der Waals surface area contributed by atoms with E-state index in [9.17, 15) is 19.2 Å². The number of rotatable bonds is 5. The quantitative estimate of drug-likeness (QED) is 0.815. The van der Waals surface area contributed by atoms with Crippen molar-refractivity contribution in [3.05, 3.63) is 62.9 Å². The molecule has 1 aliphatic rings. The summed E-state index contributed by atoms with van der Waals surface area (Å²) in [7, 11) is 1.36. The molecule has 0 spiro atoms. The van der Waals surface area contributed by atoms with Gasteiger partial charge in [-0.3, -0.25) is 23.5 Å². The molecule has 0 saturated heterocycles. The van der Waals surface area contributed by atoms with Crippen LogP contribution >= 0.6 is 0 Å². The van der Waals surface area contributed by atoms with Crippen molar-refractivity contribution in [2.45, 2.75) is 38.3 Å². The summed E-state index contributed by atoms with van der Waals surface area (Å²) < 4.78 is 2.09. The molecule has 0 radical (unpaired) electrons. The molecule has 1 fully saturated rings. The number of nitrogens with zero attached hydrogens (tertiary/aromatic N) is 2. The summed E-state index contributed by atoms with van der Waals surface area (Å²) in [6.07, 6.45) is 5.62. The molecular formula is C19H22N4O4. The second kappa shape index (κ2) is 8.03. The maximum Gasteiger partial charge on any atom is 0.331 e. The van der Waals surface area contributed by atoms with E-state index in [1.807, 2.05) is 0 Å². The fraction of sp³-hybridized carbons (Fsp3) is 0.368. The van der Waals surface area contributed by atoms with Gasteiger partial charge in [-0.2, -0.15) is 0 Å². The molecule has 0 unspecified atom stereocenters. The molecule has 0 aliphatic heterocycles. The van der Waals surface area contributed by atoms with Gasteiger partial charge in [-0.25, -0.2) is 4.79 Å². The molecule has 1 aliphatic carbocycles. The van der Waals surface area contributed by atoms with Crippen molar-refractivity contribution in [3.8, 4) is 0 Å². The molecule has 2 amide bonds. The number of anilines is 1. The first-order valence-electron chi connectivity index (χ1n) is 8.91. The molecule has 1 saturated carbocycles. The average Bonchev–Trinajstić information content (AvgIpc) is 3.16. The van der Waals surface area contributed by atoms with Crippen LogP contribution in [0.4, 0.5) is 5.69 Å². The van der Waals surface area contributed by atoms with E-state index >= 15 is 0 Å². The van der Waals surface area contributed by atoms with E-state index in [0.717, 1.165) is 34.8 Å². The molecule has 2 N–H and O–H groups in total. The van der Waals surface area contributed by atoms with Crippen LogP contribution in [-0.4, -0.2) is 27.0 Å². The number of hydrogen-bond donors (Lipinski definition) is 2. The van der Waals surface area contributed by atoms with E-state index in [0.29, 0.717) is 11.3 Å². The molecule has 142 valence electrons. The number of carbonyl (C=O) groups excluding carboxylic acids is 2. The number of benzene rings is 1. The Hall–Kier alpha value is -3.16. The molecule has 3 rings (SSSR count). The monoisotopic (exact) mass is 370 g/mol. The Labute approximate surface area is 155 Å². The third-order valence-electron chi connectivity index (χ3n) is 4.70. The highest BCUT2D eigenvalue weighted by Gasteiger charge is 2.18. The van der Waals surface area contributed by atoms with Crippen LogP contribution < -0.4 is 21.9 Å². The lowest BCUT2D eigenvalue weighted by Crippen LogP contribution is -2.38. The molecule has 1 aromatic heterocycles. The Morgan fingerprint density at radius 2 is 1.74 bits per heavy atom. The number of carbonyl (C=O) groups is 2. The van der Waals surface area contributed by atoms with Crippen molar-refractivity contribution in [1.29, 1.82) is 0 Å². The van der Waals surface area contributed by atoms with E-state index in [2.05, 4.69) is 10.6 Å². The lowest BCUT2D eigenvalue weighted by molar-refractivity contribution is -0.116. The molecule has 27 heavy (non-hydrogen) atoms. The minimum atomic E-state index is -0.559. The molecule has 1 aromatic carbocycles. The zero-order valence-electron chi connectivity index (χ0n) is 15.1. The zero-order valence-corrected chi connectivity index (χ0v) is 15.1. The van der Waals surface area contributed by atoms with E-state index in [4.69, 9.17) is 0 Å². The fourth-order valence-electron chi connectivity index (χ4n) is 3.14. The molecule has 8 heteroatoms. The normalized spacial score (nSPS) is 14.1. The maximum atomic E-state index is 12.2. The van der Waals surface area contributed by atoms with Crippen LogP contribution in [0.3, 0.4) is 0 Å². The van der Waals surface area contributed by atoms with Crippen LogP contribution in [-0.2, 0) is 18.4 Å². The minimum Gasteiger partial charge on any atom is -0.349 e. The Balaban J connectivity index is 1.60. The number of nitrogens with one attached hydrogen (secondary N) is 2. The highest BCUT2D eigenvalue weighted by atomic mass is 16.2. The highest BCUT2D eigenvalue weighted by molar-refractivity contribution is 5.95. The topological polar surface area (TPSA) is 102 Å². The Kier molecular flexibility index (Phi) is 5.54. The summed E-state index contributed by atoms with van der Waals surface area (Å²) in [4.78, 5) is 47.7. The highest BCUT2D eigenvalue weighted by Crippen LogP contribution is 2.18. The minimum absolute atomic E-state index is 0.114. The molecule has 0 bridgehead atoms. The predicted molar refractivity (Wildman–Crippen MR) is 101 cm³/mol. The van der Waals surface area contributed by atoms with Gasteiger partial charge in [-0.1, -0.05) is 12.8 Å². The Morgan fingerprint density at radius 3 is 2.41 bits per heavy atom. The van der Waals surface area contributed by atoms with Crippen molar-refractivity contribution >= 4 is 17.5 Å². The van der Waals surface area contributed by atoms with E-state index in [1.54, 1.807) is 24.3 Å². The second-order valence-electron chi connectivity index (χ2n) is 6.70. The van der Waals surface area contributed by atoms with Gasteiger partial charge in [-0.15, -0.1) is 0 Å². The van der Waals surface area contributed by atoms with Crippen LogP contribution in [0, 0.1) is 0 Å². The largest absolute Gasteiger partial charge is 0.349 e. The van der Waals surface area contributed by atoms with Gasteiger partial charge in [-0.05, 0) is 37.1 Å². The lowest BCUT2D eigenvalue weighted by atomic mass is 10.1. The van der Waals surface area contributed by atoms with Crippen molar-refractivity contribution in [1.82, 2.24) is 14.5 Å². The fourth-order valence-corrected chi connectivity index (χ4v) is 3.14. The molecular weight excluding hydrogens is 348 g/mol. The number of hydrogen-bond acceptors (Lipinski definition) is 4. The first-order valence-corrected chi connectivity index (χ1v) is 8.91. The van der Waals surface area contributed by atoms with Crippen LogP contribution in [0.15, 0.2) is 46.1 Å². The van der Waals surface area contributed by atoms with Crippen LogP contribution in [0.25, 0.3) is 0 Å². The van der Waals surface area contributed by atoms with Gasteiger partial charge in [0.2, 0.25) is 5.91 Å². The Bertz CT molecular complexity index is 953. The first kappa shape index (κ1) is 18.6. The summed E-state index contributed by atoms with van der Waals surface area (Å²) in [5.74, 6) is -0.518. The van der Waals surface area contributed by atoms with Crippen molar-refractivity contribution in [2.24, 2.45) is 7.05 Å². The molecule has 2 aromatic rings.